The average molecular weight is 332 g/mol. The molecule has 3 nitrogen and oxygen atoms in total. The zero-order chi connectivity index (χ0) is 15.6. The van der Waals surface area contributed by atoms with Gasteiger partial charge in [0.05, 0.1) is 9.92 Å². The first-order chi connectivity index (χ1) is 9.79. The van der Waals surface area contributed by atoms with Gasteiger partial charge in [-0.3, -0.25) is 0 Å². The van der Waals surface area contributed by atoms with E-state index in [1.54, 1.807) is 13.0 Å². The van der Waals surface area contributed by atoms with Gasteiger partial charge in [0.1, 0.15) is 11.6 Å². The summed E-state index contributed by atoms with van der Waals surface area (Å²) in [5.74, 6) is -1.04. The van der Waals surface area contributed by atoms with Gasteiger partial charge in [-0.05, 0) is 42.3 Å². The maximum atomic E-state index is 13.1. The molecule has 21 heavy (non-hydrogen) atoms. The van der Waals surface area contributed by atoms with Crippen LogP contribution in [0.5, 0.6) is 0 Å². The molecule has 0 aromatic heterocycles. The molecular formula is C14H12ClF2NO2S. The quantitative estimate of drug-likeness (QED) is 0.933. The Kier molecular flexibility index (Phi) is 4.61. The molecule has 0 radical (unpaired) electrons. The second kappa shape index (κ2) is 6.09. The van der Waals surface area contributed by atoms with Gasteiger partial charge in [-0.25, -0.2) is 21.9 Å². The van der Waals surface area contributed by atoms with Crippen molar-refractivity contribution in [3.8, 4) is 0 Å². The third kappa shape index (κ3) is 3.78. The van der Waals surface area contributed by atoms with Gasteiger partial charge in [0.25, 0.3) is 0 Å². The Morgan fingerprint density at radius 1 is 1.10 bits per heavy atom. The van der Waals surface area contributed by atoms with Crippen molar-refractivity contribution in [2.45, 2.75) is 18.4 Å². The SMILES string of the molecule is Cc1cc(CNS(=O)(=O)c2ccc(F)c(Cl)c2)ccc1F. The first kappa shape index (κ1) is 15.9. The van der Waals surface area contributed by atoms with Crippen LogP contribution in [0.2, 0.25) is 5.02 Å². The van der Waals surface area contributed by atoms with Gasteiger partial charge in [-0.2, -0.15) is 0 Å². The molecule has 2 rings (SSSR count). The summed E-state index contributed by atoms with van der Waals surface area (Å²) in [5, 5.41) is -0.268. The molecule has 7 heteroatoms. The fourth-order valence-corrected chi connectivity index (χ4v) is 3.01. The molecule has 0 aliphatic heterocycles. The topological polar surface area (TPSA) is 46.2 Å². The number of aryl methyl sites for hydroxylation is 1. The van der Waals surface area contributed by atoms with Crippen molar-refractivity contribution in [2.24, 2.45) is 0 Å². The third-order valence-corrected chi connectivity index (χ3v) is 4.58. The Labute approximate surface area is 126 Å². The first-order valence-electron chi connectivity index (χ1n) is 5.99. The van der Waals surface area contributed by atoms with E-state index in [1.807, 2.05) is 0 Å². The van der Waals surface area contributed by atoms with Crippen LogP contribution in [0, 0.1) is 18.6 Å². The lowest BCUT2D eigenvalue weighted by molar-refractivity contribution is 0.580. The lowest BCUT2D eigenvalue weighted by atomic mass is 10.1. The number of halogens is 3. The Morgan fingerprint density at radius 2 is 1.76 bits per heavy atom. The molecule has 0 saturated carbocycles. The third-order valence-electron chi connectivity index (χ3n) is 2.89. The van der Waals surface area contributed by atoms with E-state index < -0.39 is 15.8 Å². The zero-order valence-corrected chi connectivity index (χ0v) is 12.6. The fraction of sp³-hybridized carbons (Fsp3) is 0.143. The summed E-state index contributed by atoms with van der Waals surface area (Å²) in [6.07, 6.45) is 0. The molecule has 1 N–H and O–H groups in total. The Hall–Kier alpha value is -1.50. The van der Waals surface area contributed by atoms with E-state index in [1.165, 1.54) is 12.1 Å². The van der Waals surface area contributed by atoms with Crippen molar-refractivity contribution in [2.75, 3.05) is 0 Å². The molecule has 0 aliphatic rings. The summed E-state index contributed by atoms with van der Waals surface area (Å²) >= 11 is 5.57. The summed E-state index contributed by atoms with van der Waals surface area (Å²) in [5.41, 5.74) is 1.04. The molecule has 0 amide bonds. The summed E-state index contributed by atoms with van der Waals surface area (Å²) in [7, 11) is -3.82. The zero-order valence-electron chi connectivity index (χ0n) is 11.0. The molecule has 0 unspecified atom stereocenters. The number of hydrogen-bond acceptors (Lipinski definition) is 2. The van der Waals surface area contributed by atoms with Crippen LogP contribution in [-0.2, 0) is 16.6 Å². The second-order valence-corrected chi connectivity index (χ2v) is 6.66. The lowest BCUT2D eigenvalue weighted by Crippen LogP contribution is -2.23. The standard InChI is InChI=1S/C14H12ClF2NO2S/c1-9-6-10(2-4-13(9)16)8-18-21(19,20)11-3-5-14(17)12(15)7-11/h2-7,18H,8H2,1H3. The largest absolute Gasteiger partial charge is 0.240 e. The smallest absolute Gasteiger partial charge is 0.207 e. The lowest BCUT2D eigenvalue weighted by Gasteiger charge is -2.08. The van der Waals surface area contributed by atoms with Crippen molar-refractivity contribution < 1.29 is 17.2 Å². The van der Waals surface area contributed by atoms with Crippen LogP contribution in [0.15, 0.2) is 41.3 Å². The summed E-state index contributed by atoms with van der Waals surface area (Å²) < 4.78 is 52.6. The van der Waals surface area contributed by atoms with E-state index in [2.05, 4.69) is 4.72 Å². The number of hydrogen-bond donors (Lipinski definition) is 1. The minimum atomic E-state index is -3.82. The van der Waals surface area contributed by atoms with Gasteiger partial charge in [-0.1, -0.05) is 23.7 Å². The molecule has 0 spiro atoms. The van der Waals surface area contributed by atoms with E-state index in [4.69, 9.17) is 11.6 Å². The predicted octanol–water partition coefficient (Wildman–Crippen LogP) is 3.41. The minimum absolute atomic E-state index is 0.00154. The van der Waals surface area contributed by atoms with Crippen molar-refractivity contribution >= 4 is 21.6 Å². The van der Waals surface area contributed by atoms with Crippen molar-refractivity contribution in [3.63, 3.8) is 0 Å². The van der Waals surface area contributed by atoms with E-state index >= 15 is 0 Å². The van der Waals surface area contributed by atoms with Crippen LogP contribution in [0.25, 0.3) is 0 Å². The predicted molar refractivity (Wildman–Crippen MR) is 76.6 cm³/mol. The van der Waals surface area contributed by atoms with Gasteiger partial charge in [0.2, 0.25) is 10.0 Å². The molecule has 2 aromatic carbocycles. The van der Waals surface area contributed by atoms with E-state index in [0.29, 0.717) is 11.1 Å². The highest BCUT2D eigenvalue weighted by Crippen LogP contribution is 2.19. The van der Waals surface area contributed by atoms with Gasteiger partial charge in [-0.15, -0.1) is 0 Å². The highest BCUT2D eigenvalue weighted by molar-refractivity contribution is 7.89. The molecule has 2 aromatic rings. The molecule has 112 valence electrons. The maximum absolute atomic E-state index is 13.1. The maximum Gasteiger partial charge on any atom is 0.240 e. The van der Waals surface area contributed by atoms with Gasteiger partial charge in [0.15, 0.2) is 0 Å². The van der Waals surface area contributed by atoms with E-state index in [9.17, 15) is 17.2 Å². The molecule has 0 saturated heterocycles. The number of sulfonamides is 1. The minimum Gasteiger partial charge on any atom is -0.207 e. The Balaban J connectivity index is 2.17. The molecule has 0 fully saturated rings. The van der Waals surface area contributed by atoms with Gasteiger partial charge >= 0.3 is 0 Å². The highest BCUT2D eigenvalue weighted by atomic mass is 35.5. The summed E-state index contributed by atoms with van der Waals surface area (Å²) in [4.78, 5) is -0.132. The molecular weight excluding hydrogens is 320 g/mol. The summed E-state index contributed by atoms with van der Waals surface area (Å²) in [6, 6.07) is 7.46. The Bertz CT molecular complexity index is 779. The first-order valence-corrected chi connectivity index (χ1v) is 7.85. The molecule has 0 heterocycles. The van der Waals surface area contributed by atoms with E-state index in [-0.39, 0.29) is 22.3 Å². The Morgan fingerprint density at radius 3 is 2.38 bits per heavy atom. The molecule has 0 bridgehead atoms. The van der Waals surface area contributed by atoms with Crippen LogP contribution in [0.3, 0.4) is 0 Å². The normalized spacial score (nSPS) is 11.6. The van der Waals surface area contributed by atoms with Crippen LogP contribution in [0.1, 0.15) is 11.1 Å². The van der Waals surface area contributed by atoms with Crippen molar-refractivity contribution in [3.05, 3.63) is 64.2 Å². The van der Waals surface area contributed by atoms with Crippen LogP contribution in [-0.4, -0.2) is 8.42 Å². The second-order valence-electron chi connectivity index (χ2n) is 4.48. The van der Waals surface area contributed by atoms with Crippen molar-refractivity contribution in [1.29, 1.82) is 0 Å². The summed E-state index contributed by atoms with van der Waals surface area (Å²) in [6.45, 7) is 1.59. The number of benzene rings is 2. The number of nitrogens with one attached hydrogen (secondary N) is 1. The fourth-order valence-electron chi connectivity index (χ4n) is 1.72. The van der Waals surface area contributed by atoms with Gasteiger partial charge in [0, 0.05) is 6.54 Å². The average Bonchev–Trinajstić information content (AvgIpc) is 2.43. The van der Waals surface area contributed by atoms with Crippen LogP contribution in [0.4, 0.5) is 8.78 Å². The van der Waals surface area contributed by atoms with E-state index in [0.717, 1.165) is 18.2 Å². The molecule has 0 aliphatic carbocycles. The molecule has 0 atom stereocenters. The monoisotopic (exact) mass is 331 g/mol. The van der Waals surface area contributed by atoms with Crippen LogP contribution < -0.4 is 4.72 Å². The van der Waals surface area contributed by atoms with Crippen LogP contribution >= 0.6 is 11.6 Å². The number of rotatable bonds is 4. The van der Waals surface area contributed by atoms with Crippen molar-refractivity contribution in [1.82, 2.24) is 4.72 Å². The highest BCUT2D eigenvalue weighted by Gasteiger charge is 2.15. The van der Waals surface area contributed by atoms with Gasteiger partial charge < -0.3 is 0 Å².